The summed E-state index contributed by atoms with van der Waals surface area (Å²) < 4.78 is 10.3. The lowest BCUT2D eigenvalue weighted by molar-refractivity contribution is -0.155. The fourth-order valence-electron chi connectivity index (χ4n) is 4.72. The number of unbranched alkanes of at least 4 members (excludes halogenated alkanes) is 1. The number of likely N-dealkylation sites (tertiary alicyclic amines) is 1. The summed E-state index contributed by atoms with van der Waals surface area (Å²) in [6.45, 7) is 3.74. The number of ether oxygens (including phenoxy) is 2. The minimum atomic E-state index is -0.367. The van der Waals surface area contributed by atoms with Crippen LogP contribution in [0.15, 0.2) is 30.5 Å². The maximum Gasteiger partial charge on any atom is 0.308 e. The second-order valence-corrected chi connectivity index (χ2v) is 8.93. The Morgan fingerprint density at radius 3 is 2.88 bits per heavy atom. The van der Waals surface area contributed by atoms with Crippen LogP contribution in [0.5, 0.6) is 5.88 Å². The Morgan fingerprint density at radius 2 is 2.15 bits per heavy atom. The van der Waals surface area contributed by atoms with Crippen molar-refractivity contribution in [1.82, 2.24) is 14.9 Å². The Kier molecular flexibility index (Phi) is 7.98. The molecule has 1 unspecified atom stereocenters. The Labute approximate surface area is 201 Å². The second-order valence-electron chi connectivity index (χ2n) is 8.93. The minimum absolute atomic E-state index is 0.00839. The largest absolute Gasteiger partial charge is 0.481 e. The first-order valence-corrected chi connectivity index (χ1v) is 12.3. The maximum absolute atomic E-state index is 13.0. The predicted molar refractivity (Wildman–Crippen MR) is 129 cm³/mol. The summed E-state index contributed by atoms with van der Waals surface area (Å²) in [6.07, 6.45) is 7.80. The Morgan fingerprint density at radius 1 is 1.26 bits per heavy atom. The number of rotatable bonds is 11. The van der Waals surface area contributed by atoms with Crippen molar-refractivity contribution in [2.45, 2.75) is 57.9 Å². The Hall–Kier alpha value is -3.16. The van der Waals surface area contributed by atoms with E-state index in [9.17, 15) is 9.59 Å². The molecule has 0 aliphatic carbocycles. The molecule has 0 radical (unpaired) electrons. The van der Waals surface area contributed by atoms with E-state index in [4.69, 9.17) is 14.5 Å². The highest BCUT2D eigenvalue weighted by Crippen LogP contribution is 2.35. The standard InChI is InChI=1S/C26H34N4O4/c1-3-34-24(31)15-22(19-11-13-23(33-2)28-16-19)30-17-20(26(30)32)7-4-5-9-21-12-10-18-8-6-14-27-25(18)29-21/h10-13,16,20,22H,3-9,14-15,17H2,1-2H3,(H,27,29)/t20?,22-/m0/s1. The van der Waals surface area contributed by atoms with Crippen LogP contribution in [0.1, 0.15) is 61.9 Å². The average molecular weight is 467 g/mol. The molecule has 8 heteroatoms. The molecule has 0 saturated carbocycles. The van der Waals surface area contributed by atoms with Gasteiger partial charge in [-0.15, -0.1) is 0 Å². The molecule has 4 heterocycles. The number of pyridine rings is 2. The molecule has 2 aromatic heterocycles. The fraction of sp³-hybridized carbons (Fsp3) is 0.538. The number of aromatic nitrogens is 2. The SMILES string of the molecule is CCOC(=O)C[C@@H](c1ccc(OC)nc1)N1CC(CCCCc2ccc3c(n2)NCCC3)C1=O. The van der Waals surface area contributed by atoms with Crippen molar-refractivity contribution in [2.75, 3.05) is 32.1 Å². The van der Waals surface area contributed by atoms with Crippen LogP contribution in [0.3, 0.4) is 0 Å². The van der Waals surface area contributed by atoms with Gasteiger partial charge in [-0.3, -0.25) is 9.59 Å². The van der Waals surface area contributed by atoms with Crippen molar-refractivity contribution in [3.8, 4) is 5.88 Å². The third-order valence-corrected chi connectivity index (χ3v) is 6.63. The molecule has 0 aromatic carbocycles. The zero-order valence-corrected chi connectivity index (χ0v) is 20.1. The first-order valence-electron chi connectivity index (χ1n) is 12.3. The summed E-state index contributed by atoms with van der Waals surface area (Å²) in [7, 11) is 1.56. The van der Waals surface area contributed by atoms with E-state index in [-0.39, 0.29) is 30.3 Å². The van der Waals surface area contributed by atoms with E-state index in [1.807, 2.05) is 6.07 Å². The van der Waals surface area contributed by atoms with Crippen LogP contribution >= 0.6 is 0 Å². The zero-order chi connectivity index (χ0) is 23.9. The van der Waals surface area contributed by atoms with Gasteiger partial charge in [-0.05, 0) is 56.2 Å². The van der Waals surface area contributed by atoms with E-state index in [1.54, 1.807) is 31.2 Å². The van der Waals surface area contributed by atoms with Gasteiger partial charge in [0.1, 0.15) is 5.82 Å². The van der Waals surface area contributed by atoms with Gasteiger partial charge in [-0.1, -0.05) is 18.6 Å². The van der Waals surface area contributed by atoms with Crippen molar-refractivity contribution in [1.29, 1.82) is 0 Å². The van der Waals surface area contributed by atoms with Crippen LogP contribution in [-0.2, 0) is 27.2 Å². The molecular weight excluding hydrogens is 432 g/mol. The van der Waals surface area contributed by atoms with Crippen LogP contribution in [0.2, 0.25) is 0 Å². The summed E-state index contributed by atoms with van der Waals surface area (Å²) in [6, 6.07) is 7.56. The van der Waals surface area contributed by atoms with Gasteiger partial charge < -0.3 is 19.7 Å². The molecular formula is C26H34N4O4. The predicted octanol–water partition coefficient (Wildman–Crippen LogP) is 3.71. The summed E-state index contributed by atoms with van der Waals surface area (Å²) in [5.41, 5.74) is 3.23. The molecule has 2 aromatic rings. The molecule has 182 valence electrons. The number of hydrogen-bond donors (Lipinski definition) is 1. The highest BCUT2D eigenvalue weighted by Gasteiger charge is 2.41. The molecule has 0 spiro atoms. The van der Waals surface area contributed by atoms with Gasteiger partial charge in [-0.25, -0.2) is 9.97 Å². The summed E-state index contributed by atoms with van der Waals surface area (Å²) in [5.74, 6) is 1.33. The monoisotopic (exact) mass is 466 g/mol. The number of nitrogens with one attached hydrogen (secondary N) is 1. The number of β-lactam (4-membered cyclic amide) rings is 1. The van der Waals surface area contributed by atoms with Gasteiger partial charge in [-0.2, -0.15) is 0 Å². The number of carbonyl (C=O) groups is 2. The number of anilines is 1. The lowest BCUT2D eigenvalue weighted by atomic mass is 9.88. The van der Waals surface area contributed by atoms with Crippen molar-refractivity contribution in [3.05, 3.63) is 47.3 Å². The molecule has 0 bridgehead atoms. The van der Waals surface area contributed by atoms with Gasteiger partial charge >= 0.3 is 5.97 Å². The normalized spacial score (nSPS) is 17.9. The van der Waals surface area contributed by atoms with Gasteiger partial charge in [0.15, 0.2) is 0 Å². The van der Waals surface area contributed by atoms with Crippen LogP contribution in [0.4, 0.5) is 5.82 Å². The third kappa shape index (κ3) is 5.66. The highest BCUT2D eigenvalue weighted by molar-refractivity contribution is 5.85. The van der Waals surface area contributed by atoms with E-state index < -0.39 is 0 Å². The van der Waals surface area contributed by atoms with E-state index in [0.717, 1.165) is 62.1 Å². The molecule has 2 aliphatic heterocycles. The molecule has 1 fully saturated rings. The number of methoxy groups -OCH3 is 1. The molecule has 4 rings (SSSR count). The van der Waals surface area contributed by atoms with Crippen LogP contribution in [0, 0.1) is 5.92 Å². The number of fused-ring (bicyclic) bond motifs is 1. The quantitative estimate of drug-likeness (QED) is 0.306. The van der Waals surface area contributed by atoms with E-state index in [2.05, 4.69) is 22.4 Å². The summed E-state index contributed by atoms with van der Waals surface area (Å²) in [4.78, 5) is 36.0. The molecule has 1 amide bonds. The van der Waals surface area contributed by atoms with Crippen molar-refractivity contribution in [2.24, 2.45) is 5.92 Å². The highest BCUT2D eigenvalue weighted by atomic mass is 16.5. The lowest BCUT2D eigenvalue weighted by Crippen LogP contribution is -2.54. The summed E-state index contributed by atoms with van der Waals surface area (Å²) >= 11 is 0. The number of carbonyl (C=O) groups excluding carboxylic acids is 2. The zero-order valence-electron chi connectivity index (χ0n) is 20.1. The van der Waals surface area contributed by atoms with E-state index >= 15 is 0 Å². The van der Waals surface area contributed by atoms with Crippen molar-refractivity contribution >= 4 is 17.7 Å². The number of amides is 1. The smallest absolute Gasteiger partial charge is 0.308 e. The minimum Gasteiger partial charge on any atom is -0.481 e. The first-order chi connectivity index (χ1) is 16.6. The second kappa shape index (κ2) is 11.3. The Bertz CT molecular complexity index is 995. The van der Waals surface area contributed by atoms with E-state index in [1.165, 1.54) is 5.56 Å². The molecule has 2 aliphatic rings. The molecule has 2 atom stereocenters. The van der Waals surface area contributed by atoms with Gasteiger partial charge in [0.25, 0.3) is 0 Å². The number of aryl methyl sites for hydroxylation is 2. The molecule has 34 heavy (non-hydrogen) atoms. The molecule has 1 N–H and O–H groups in total. The summed E-state index contributed by atoms with van der Waals surface area (Å²) in [5, 5.41) is 3.39. The van der Waals surface area contributed by atoms with Crippen molar-refractivity contribution in [3.63, 3.8) is 0 Å². The first kappa shape index (κ1) is 24.0. The Balaban J connectivity index is 1.28. The fourth-order valence-corrected chi connectivity index (χ4v) is 4.72. The van der Waals surface area contributed by atoms with Crippen molar-refractivity contribution < 1.29 is 19.1 Å². The van der Waals surface area contributed by atoms with Gasteiger partial charge in [0, 0.05) is 31.0 Å². The number of nitrogens with zero attached hydrogens (tertiary/aromatic N) is 3. The topological polar surface area (TPSA) is 93.7 Å². The van der Waals surface area contributed by atoms with Crippen LogP contribution in [0.25, 0.3) is 0 Å². The molecule has 1 saturated heterocycles. The van der Waals surface area contributed by atoms with E-state index in [0.29, 0.717) is 19.0 Å². The lowest BCUT2D eigenvalue weighted by Gasteiger charge is -2.43. The van der Waals surface area contributed by atoms with Gasteiger partial charge in [0.2, 0.25) is 11.8 Å². The average Bonchev–Trinajstić information content (AvgIpc) is 2.86. The van der Waals surface area contributed by atoms with Crippen LogP contribution < -0.4 is 10.1 Å². The number of esters is 1. The number of hydrogen-bond acceptors (Lipinski definition) is 7. The maximum atomic E-state index is 13.0. The third-order valence-electron chi connectivity index (χ3n) is 6.63. The molecule has 8 nitrogen and oxygen atoms in total. The van der Waals surface area contributed by atoms with Crippen LogP contribution in [-0.4, -0.2) is 53.6 Å². The van der Waals surface area contributed by atoms with Gasteiger partial charge in [0.05, 0.1) is 32.1 Å².